The van der Waals surface area contributed by atoms with Gasteiger partial charge in [0.05, 0.1) is 0 Å². The van der Waals surface area contributed by atoms with Crippen molar-refractivity contribution >= 4 is 29.9 Å². The summed E-state index contributed by atoms with van der Waals surface area (Å²) in [4.78, 5) is 4.17. The molecule has 0 atom stereocenters. The number of nitrogens with one attached hydrogen (secondary N) is 2. The summed E-state index contributed by atoms with van der Waals surface area (Å²) >= 11 is 0. The summed E-state index contributed by atoms with van der Waals surface area (Å²) in [7, 11) is 0. The van der Waals surface area contributed by atoms with Gasteiger partial charge in [0.15, 0.2) is 5.96 Å². The van der Waals surface area contributed by atoms with E-state index in [2.05, 4.69) is 15.6 Å². The van der Waals surface area contributed by atoms with Crippen LogP contribution < -0.4 is 10.6 Å². The first kappa shape index (κ1) is 14.1. The summed E-state index contributed by atoms with van der Waals surface area (Å²) in [6.07, 6.45) is 1.000. The Morgan fingerprint density at radius 1 is 1.35 bits per heavy atom. The Kier molecular flexibility index (Phi) is 5.60. The molecule has 2 rings (SSSR count). The van der Waals surface area contributed by atoms with Gasteiger partial charge in [-0.3, -0.25) is 4.99 Å². The van der Waals surface area contributed by atoms with Crippen molar-refractivity contribution in [3.05, 3.63) is 35.4 Å². The van der Waals surface area contributed by atoms with Crippen molar-refractivity contribution in [2.24, 2.45) is 4.99 Å². The molecular weight excluding hydrogens is 339 g/mol. The van der Waals surface area contributed by atoms with E-state index >= 15 is 0 Å². The van der Waals surface area contributed by atoms with Gasteiger partial charge in [-0.15, -0.1) is 24.0 Å². The van der Waals surface area contributed by atoms with Gasteiger partial charge in [-0.05, 0) is 24.6 Å². The Labute approximate surface area is 116 Å². The highest BCUT2D eigenvalue weighted by molar-refractivity contribution is 14.0. The minimum Gasteiger partial charge on any atom is -0.356 e. The van der Waals surface area contributed by atoms with Crippen LogP contribution in [0.1, 0.15) is 12.0 Å². The fourth-order valence-corrected chi connectivity index (χ4v) is 1.51. The standard InChI is InChI=1S/C11H13F2N3.HI/c12-9-2-3-10(13)8(6-9)7-16-11-14-4-1-5-15-11;/h2-3,6H,1,4-5,7H2,(H2,14,15,16);1H. The molecule has 0 spiro atoms. The lowest BCUT2D eigenvalue weighted by Gasteiger charge is -2.16. The zero-order valence-corrected chi connectivity index (χ0v) is 11.5. The number of hydrogen-bond acceptors (Lipinski definition) is 3. The van der Waals surface area contributed by atoms with Crippen molar-refractivity contribution < 1.29 is 8.78 Å². The molecule has 0 aromatic heterocycles. The lowest BCUT2D eigenvalue weighted by Crippen LogP contribution is -2.40. The molecule has 1 aromatic carbocycles. The van der Waals surface area contributed by atoms with E-state index in [4.69, 9.17) is 0 Å². The zero-order valence-electron chi connectivity index (χ0n) is 9.17. The molecule has 3 nitrogen and oxygen atoms in total. The van der Waals surface area contributed by atoms with Crippen molar-refractivity contribution in [3.63, 3.8) is 0 Å². The molecule has 0 saturated heterocycles. The molecule has 94 valence electrons. The Balaban J connectivity index is 0.00000144. The third-order valence-electron chi connectivity index (χ3n) is 2.35. The third kappa shape index (κ3) is 4.10. The van der Waals surface area contributed by atoms with Crippen LogP contribution in [-0.2, 0) is 6.54 Å². The summed E-state index contributed by atoms with van der Waals surface area (Å²) in [5.41, 5.74) is 0.301. The molecule has 6 heteroatoms. The molecular formula is C11H14F2IN3. The van der Waals surface area contributed by atoms with Crippen LogP contribution in [-0.4, -0.2) is 19.0 Å². The van der Waals surface area contributed by atoms with Gasteiger partial charge in [-0.25, -0.2) is 8.78 Å². The van der Waals surface area contributed by atoms with Crippen molar-refractivity contribution in [1.29, 1.82) is 0 Å². The number of guanidine groups is 1. The smallest absolute Gasteiger partial charge is 0.191 e. The Morgan fingerprint density at radius 3 is 2.88 bits per heavy atom. The maximum absolute atomic E-state index is 13.3. The Morgan fingerprint density at radius 2 is 2.18 bits per heavy atom. The first-order chi connectivity index (χ1) is 7.75. The van der Waals surface area contributed by atoms with Gasteiger partial charge in [0.25, 0.3) is 0 Å². The van der Waals surface area contributed by atoms with E-state index in [-0.39, 0.29) is 30.5 Å². The summed E-state index contributed by atoms with van der Waals surface area (Å²) in [6, 6.07) is 3.42. The van der Waals surface area contributed by atoms with Crippen LogP contribution in [0.15, 0.2) is 23.2 Å². The second-order valence-corrected chi connectivity index (χ2v) is 3.60. The largest absolute Gasteiger partial charge is 0.356 e. The second-order valence-electron chi connectivity index (χ2n) is 3.60. The number of nitrogens with zero attached hydrogens (tertiary/aromatic N) is 1. The SMILES string of the molecule is Fc1ccc(F)c(CNC2=NCCCN2)c1.I. The molecule has 0 radical (unpaired) electrons. The molecule has 1 heterocycles. The van der Waals surface area contributed by atoms with E-state index in [9.17, 15) is 8.78 Å². The van der Waals surface area contributed by atoms with Crippen molar-refractivity contribution in [2.75, 3.05) is 13.1 Å². The first-order valence-corrected chi connectivity index (χ1v) is 5.22. The maximum Gasteiger partial charge on any atom is 0.191 e. The number of halogens is 3. The third-order valence-corrected chi connectivity index (χ3v) is 2.35. The minimum atomic E-state index is -0.434. The monoisotopic (exact) mass is 353 g/mol. The van der Waals surface area contributed by atoms with E-state index in [1.54, 1.807) is 0 Å². The van der Waals surface area contributed by atoms with Gasteiger partial charge in [0.1, 0.15) is 11.6 Å². The Bertz CT molecular complexity index is 410. The molecule has 0 fully saturated rings. The molecule has 17 heavy (non-hydrogen) atoms. The topological polar surface area (TPSA) is 36.4 Å². The van der Waals surface area contributed by atoms with Crippen LogP contribution >= 0.6 is 24.0 Å². The molecule has 1 aliphatic rings. The van der Waals surface area contributed by atoms with E-state index < -0.39 is 11.6 Å². The van der Waals surface area contributed by atoms with E-state index in [0.717, 1.165) is 31.6 Å². The van der Waals surface area contributed by atoms with E-state index in [1.807, 2.05) is 0 Å². The molecule has 1 aliphatic heterocycles. The molecule has 0 aliphatic carbocycles. The second kappa shape index (κ2) is 6.73. The Hall–Kier alpha value is -0.920. The van der Waals surface area contributed by atoms with Crippen LogP contribution in [0.2, 0.25) is 0 Å². The average molecular weight is 353 g/mol. The van der Waals surface area contributed by atoms with Gasteiger partial charge in [0.2, 0.25) is 0 Å². The van der Waals surface area contributed by atoms with Crippen LogP contribution in [0, 0.1) is 11.6 Å². The molecule has 0 bridgehead atoms. The highest BCUT2D eigenvalue weighted by atomic mass is 127. The predicted molar refractivity (Wildman–Crippen MR) is 73.5 cm³/mol. The van der Waals surface area contributed by atoms with Gasteiger partial charge < -0.3 is 10.6 Å². The highest BCUT2D eigenvalue weighted by Crippen LogP contribution is 2.09. The first-order valence-electron chi connectivity index (χ1n) is 5.22. The maximum atomic E-state index is 13.3. The van der Waals surface area contributed by atoms with Gasteiger partial charge in [0, 0.05) is 25.2 Å². The van der Waals surface area contributed by atoms with Gasteiger partial charge in [-0.2, -0.15) is 0 Å². The van der Waals surface area contributed by atoms with E-state index in [0.29, 0.717) is 11.5 Å². The number of rotatable bonds is 2. The zero-order chi connectivity index (χ0) is 11.4. The van der Waals surface area contributed by atoms with Crippen LogP contribution in [0.4, 0.5) is 8.78 Å². The predicted octanol–water partition coefficient (Wildman–Crippen LogP) is 2.02. The average Bonchev–Trinajstić information content (AvgIpc) is 2.32. The molecule has 0 unspecified atom stereocenters. The lowest BCUT2D eigenvalue weighted by atomic mass is 10.2. The molecule has 0 saturated carbocycles. The highest BCUT2D eigenvalue weighted by Gasteiger charge is 2.06. The molecule has 0 amide bonds. The quantitative estimate of drug-likeness (QED) is 0.799. The van der Waals surface area contributed by atoms with Crippen LogP contribution in [0.25, 0.3) is 0 Å². The summed E-state index contributed by atoms with van der Waals surface area (Å²) < 4.78 is 26.1. The van der Waals surface area contributed by atoms with Gasteiger partial charge in [-0.1, -0.05) is 0 Å². The summed E-state index contributed by atoms with van der Waals surface area (Å²) in [5, 5.41) is 5.98. The molecule has 2 N–H and O–H groups in total. The van der Waals surface area contributed by atoms with Gasteiger partial charge >= 0.3 is 0 Å². The summed E-state index contributed by atoms with van der Waals surface area (Å²) in [6.45, 7) is 1.86. The lowest BCUT2D eigenvalue weighted by molar-refractivity contribution is 0.580. The number of hydrogen-bond donors (Lipinski definition) is 2. The summed E-state index contributed by atoms with van der Waals surface area (Å²) in [5.74, 6) is -0.197. The number of aliphatic imine (C=N–C) groups is 1. The number of benzene rings is 1. The fraction of sp³-hybridized carbons (Fsp3) is 0.364. The normalized spacial score (nSPS) is 14.4. The van der Waals surface area contributed by atoms with Crippen LogP contribution in [0.3, 0.4) is 0 Å². The van der Waals surface area contributed by atoms with Crippen molar-refractivity contribution in [1.82, 2.24) is 10.6 Å². The fourth-order valence-electron chi connectivity index (χ4n) is 1.51. The van der Waals surface area contributed by atoms with E-state index in [1.165, 1.54) is 6.07 Å². The van der Waals surface area contributed by atoms with Crippen LogP contribution in [0.5, 0.6) is 0 Å². The van der Waals surface area contributed by atoms with Crippen molar-refractivity contribution in [2.45, 2.75) is 13.0 Å². The minimum absolute atomic E-state index is 0. The van der Waals surface area contributed by atoms with Crippen molar-refractivity contribution in [3.8, 4) is 0 Å². The molecule has 1 aromatic rings.